The fraction of sp³-hybridized carbons (Fsp3) is 0.667. The van der Waals surface area contributed by atoms with Crippen molar-refractivity contribution in [2.75, 3.05) is 33.3 Å². The standard InChI is InChI=1S/C12H21N3O5S3/c1-3-14-10-8-15(5-4-6-20-2)23(18,19)12-9(10)7-11(21-12)22(13,16)17/h7,10,14H,3-6,8H2,1-2H3,(H2,13,16,17)/t10-/m0/s1/i5D2,7D,8D2. The molecule has 0 bridgehead atoms. The lowest BCUT2D eigenvalue weighted by Crippen LogP contribution is -2.43. The highest BCUT2D eigenvalue weighted by Crippen LogP contribution is 2.39. The SMILES string of the molecule is [2H]c1c(S(N)(=O)=O)sc2c1[C@@H](NCC)C([2H])([2H])N(C([2H])([2H])CCOC)S2(=O)=O. The minimum atomic E-state index is -4.83. The number of sulfonamides is 2. The summed E-state index contributed by atoms with van der Waals surface area (Å²) in [5, 5.41) is 7.79. The van der Waals surface area contributed by atoms with Crippen molar-refractivity contribution < 1.29 is 28.4 Å². The molecule has 8 nitrogen and oxygen atoms in total. The van der Waals surface area contributed by atoms with E-state index in [0.29, 0.717) is 0 Å². The van der Waals surface area contributed by atoms with Gasteiger partial charge in [0.05, 0.1) is 1.37 Å². The van der Waals surface area contributed by atoms with Crippen molar-refractivity contribution in [1.29, 1.82) is 0 Å². The third kappa shape index (κ3) is 3.92. The minimum absolute atomic E-state index is 0.0878. The van der Waals surface area contributed by atoms with Crippen molar-refractivity contribution in [3.05, 3.63) is 11.6 Å². The Morgan fingerprint density at radius 3 is 2.96 bits per heavy atom. The third-order valence-corrected chi connectivity index (χ3v) is 7.42. The van der Waals surface area contributed by atoms with Gasteiger partial charge in [-0.1, -0.05) is 6.92 Å². The van der Waals surface area contributed by atoms with E-state index in [4.69, 9.17) is 16.7 Å². The number of nitrogens with two attached hydrogens (primary N) is 1. The maximum atomic E-state index is 13.1. The Hall–Kier alpha value is -0.560. The number of likely N-dealkylation sites (N-methyl/N-ethyl adjacent to an activating group) is 1. The van der Waals surface area contributed by atoms with Gasteiger partial charge in [-0.3, -0.25) is 0 Å². The van der Waals surface area contributed by atoms with Crippen molar-refractivity contribution in [1.82, 2.24) is 9.62 Å². The number of nitrogens with zero attached hydrogens (tertiary/aromatic N) is 1. The van der Waals surface area contributed by atoms with Gasteiger partial charge in [-0.2, -0.15) is 4.31 Å². The quantitative estimate of drug-likeness (QED) is 0.683. The fourth-order valence-corrected chi connectivity index (χ4v) is 5.65. The summed E-state index contributed by atoms with van der Waals surface area (Å²) in [4.78, 5) is 0. The molecule has 11 heteroatoms. The van der Waals surface area contributed by atoms with E-state index in [-0.39, 0.29) is 34.4 Å². The predicted molar refractivity (Wildman–Crippen MR) is 87.4 cm³/mol. The van der Waals surface area contributed by atoms with Gasteiger partial charge >= 0.3 is 0 Å². The molecule has 0 aliphatic carbocycles. The highest BCUT2D eigenvalue weighted by atomic mass is 32.3. The van der Waals surface area contributed by atoms with Crippen LogP contribution in [0.2, 0.25) is 0 Å². The monoisotopic (exact) mass is 388 g/mol. The molecule has 2 heterocycles. The first-order valence-electron chi connectivity index (χ1n) is 9.08. The van der Waals surface area contributed by atoms with Gasteiger partial charge in [0, 0.05) is 43.8 Å². The van der Waals surface area contributed by atoms with E-state index < -0.39 is 60.0 Å². The lowest BCUT2D eigenvalue weighted by molar-refractivity contribution is 0.185. The second-order valence-electron chi connectivity index (χ2n) is 4.55. The Bertz CT molecular complexity index is 964. The second-order valence-corrected chi connectivity index (χ2v) is 9.31. The maximum absolute atomic E-state index is 13.1. The first-order chi connectivity index (χ1) is 12.6. The average molecular weight is 389 g/mol. The van der Waals surface area contributed by atoms with E-state index >= 15 is 0 Å². The number of hydrogen-bond donors (Lipinski definition) is 2. The molecule has 0 saturated carbocycles. The van der Waals surface area contributed by atoms with Crippen LogP contribution in [0, 0.1) is 0 Å². The molecule has 0 fully saturated rings. The van der Waals surface area contributed by atoms with Crippen molar-refractivity contribution in [3.63, 3.8) is 0 Å². The summed E-state index contributed by atoms with van der Waals surface area (Å²) in [6, 6.07) is -2.19. The molecule has 0 aromatic carbocycles. The lowest BCUT2D eigenvalue weighted by atomic mass is 10.1. The molecule has 1 aliphatic heterocycles. The van der Waals surface area contributed by atoms with Gasteiger partial charge in [-0.25, -0.2) is 22.0 Å². The van der Waals surface area contributed by atoms with Gasteiger partial charge in [-0.05, 0) is 19.0 Å². The molecule has 0 amide bonds. The number of fused-ring (bicyclic) bond motifs is 1. The molecule has 1 aromatic heterocycles. The van der Waals surface area contributed by atoms with Crippen molar-refractivity contribution in [2.24, 2.45) is 5.14 Å². The summed E-state index contributed by atoms with van der Waals surface area (Å²) in [5.41, 5.74) is -0.375. The smallest absolute Gasteiger partial charge is 0.252 e. The normalized spacial score (nSPS) is 27.3. The molecular formula is C12H21N3O5S3. The van der Waals surface area contributed by atoms with Crippen LogP contribution < -0.4 is 10.5 Å². The first kappa shape index (κ1) is 12.8. The van der Waals surface area contributed by atoms with Gasteiger partial charge < -0.3 is 10.1 Å². The summed E-state index contributed by atoms with van der Waals surface area (Å²) < 4.78 is 94.6. The van der Waals surface area contributed by atoms with Gasteiger partial charge in [0.25, 0.3) is 10.0 Å². The van der Waals surface area contributed by atoms with Crippen LogP contribution in [-0.2, 0) is 24.8 Å². The van der Waals surface area contributed by atoms with E-state index in [9.17, 15) is 16.8 Å². The van der Waals surface area contributed by atoms with Crippen LogP contribution in [0.15, 0.2) is 14.5 Å². The van der Waals surface area contributed by atoms with Crippen LogP contribution in [0.5, 0.6) is 0 Å². The second kappa shape index (κ2) is 7.13. The van der Waals surface area contributed by atoms with Crippen LogP contribution in [0.1, 0.15) is 31.8 Å². The topological polar surface area (TPSA) is 119 Å². The number of ether oxygens (including phenoxy) is 1. The van der Waals surface area contributed by atoms with Crippen molar-refractivity contribution in [3.8, 4) is 0 Å². The number of rotatable bonds is 7. The maximum Gasteiger partial charge on any atom is 0.252 e. The highest BCUT2D eigenvalue weighted by Gasteiger charge is 2.39. The lowest BCUT2D eigenvalue weighted by Gasteiger charge is -2.32. The fourth-order valence-electron chi connectivity index (χ4n) is 1.90. The van der Waals surface area contributed by atoms with Gasteiger partial charge in [0.15, 0.2) is 0 Å². The zero-order chi connectivity index (χ0) is 21.7. The average Bonchev–Trinajstić information content (AvgIpc) is 2.87. The Kier molecular flexibility index (Phi) is 3.95. The number of primary sulfonamides is 1. The summed E-state index contributed by atoms with van der Waals surface area (Å²) in [5.74, 6) is 0. The number of thiophene rings is 1. The van der Waals surface area contributed by atoms with E-state index in [2.05, 4.69) is 5.32 Å². The number of hydrogen-bond acceptors (Lipinski definition) is 7. The minimum Gasteiger partial charge on any atom is -0.385 e. The van der Waals surface area contributed by atoms with Gasteiger partial charge in [0.1, 0.15) is 8.42 Å². The van der Waals surface area contributed by atoms with Gasteiger partial charge in [-0.15, -0.1) is 11.3 Å². The summed E-state index contributed by atoms with van der Waals surface area (Å²) in [7, 11) is -7.97. The Labute approximate surface area is 147 Å². The van der Waals surface area contributed by atoms with E-state index in [1.807, 2.05) is 0 Å². The summed E-state index contributed by atoms with van der Waals surface area (Å²) >= 11 is 0.215. The molecule has 1 aliphatic rings. The predicted octanol–water partition coefficient (Wildman–Crippen LogP) is 0.0869. The molecule has 132 valence electrons. The molecule has 2 rings (SSSR count). The van der Waals surface area contributed by atoms with E-state index in [1.165, 1.54) is 7.11 Å². The van der Waals surface area contributed by atoms with Gasteiger partial charge in [0.2, 0.25) is 10.0 Å². The molecule has 0 spiro atoms. The molecule has 23 heavy (non-hydrogen) atoms. The highest BCUT2D eigenvalue weighted by molar-refractivity contribution is 7.94. The molecular weight excluding hydrogens is 362 g/mol. The van der Waals surface area contributed by atoms with E-state index in [1.54, 1.807) is 6.92 Å². The van der Waals surface area contributed by atoms with Crippen LogP contribution >= 0.6 is 11.3 Å². The third-order valence-electron chi connectivity index (χ3n) is 2.88. The summed E-state index contributed by atoms with van der Waals surface area (Å²) in [6.45, 7) is -3.94. The molecule has 0 unspecified atom stereocenters. The van der Waals surface area contributed by atoms with Crippen molar-refractivity contribution in [2.45, 2.75) is 27.8 Å². The van der Waals surface area contributed by atoms with Crippen molar-refractivity contribution >= 4 is 31.4 Å². The van der Waals surface area contributed by atoms with Crippen LogP contribution in [0.4, 0.5) is 0 Å². The summed E-state index contributed by atoms with van der Waals surface area (Å²) in [6.07, 6.45) is -0.461. The van der Waals surface area contributed by atoms with Crippen LogP contribution in [0.3, 0.4) is 0 Å². The molecule has 0 radical (unpaired) electrons. The Morgan fingerprint density at radius 2 is 2.39 bits per heavy atom. The van der Waals surface area contributed by atoms with E-state index in [0.717, 1.165) is 0 Å². The zero-order valence-electron chi connectivity index (χ0n) is 17.5. The zero-order valence-corrected chi connectivity index (χ0v) is 14.9. The number of nitrogens with one attached hydrogen (secondary N) is 1. The molecule has 0 saturated heterocycles. The Morgan fingerprint density at radius 1 is 1.70 bits per heavy atom. The molecule has 3 N–H and O–H groups in total. The Balaban J connectivity index is 2.86. The molecule has 1 aromatic rings. The number of methoxy groups -OCH3 is 1. The first-order valence-corrected chi connectivity index (χ1v) is 10.4. The van der Waals surface area contributed by atoms with Crippen LogP contribution in [0.25, 0.3) is 0 Å². The molecule has 1 atom stereocenters. The largest absolute Gasteiger partial charge is 0.385 e. The van der Waals surface area contributed by atoms with Crippen LogP contribution in [-0.4, -0.2) is 54.4 Å².